The number of carboxylic acid groups (broad SMARTS) is 1. The molecule has 0 radical (unpaired) electrons. The summed E-state index contributed by atoms with van der Waals surface area (Å²) in [5.41, 5.74) is 0. The first-order chi connectivity index (χ1) is 10.6. The van der Waals surface area contributed by atoms with Gasteiger partial charge in [0, 0.05) is 23.1 Å². The molecule has 0 aliphatic heterocycles. The van der Waals surface area contributed by atoms with Crippen LogP contribution in [0.25, 0.3) is 0 Å². The Morgan fingerprint density at radius 2 is 2.05 bits per heavy atom. The van der Waals surface area contributed by atoms with Crippen LogP contribution in [0.5, 0.6) is 5.75 Å². The van der Waals surface area contributed by atoms with E-state index in [4.69, 9.17) is 9.84 Å². The van der Waals surface area contributed by atoms with Crippen molar-refractivity contribution in [3.63, 3.8) is 0 Å². The third-order valence-corrected chi connectivity index (χ3v) is 4.82. The first-order valence-electron chi connectivity index (χ1n) is 7.37. The van der Waals surface area contributed by atoms with Gasteiger partial charge >= 0.3 is 5.97 Å². The largest absolute Gasteiger partial charge is 0.497 e. The first kappa shape index (κ1) is 16.7. The van der Waals surface area contributed by atoms with E-state index in [2.05, 4.69) is 5.32 Å². The molecule has 1 aliphatic rings. The van der Waals surface area contributed by atoms with Gasteiger partial charge in [-0.15, -0.1) is 11.8 Å². The van der Waals surface area contributed by atoms with Crippen LogP contribution in [0.2, 0.25) is 0 Å². The molecule has 120 valence electrons. The molecule has 5 nitrogen and oxygen atoms in total. The Bertz CT molecular complexity index is 517. The predicted molar refractivity (Wildman–Crippen MR) is 85.2 cm³/mol. The average Bonchev–Trinajstić information content (AvgIpc) is 2.96. The zero-order valence-electron chi connectivity index (χ0n) is 12.6. The molecule has 1 aliphatic carbocycles. The van der Waals surface area contributed by atoms with Gasteiger partial charge in [-0.2, -0.15) is 0 Å². The Hall–Kier alpha value is -1.69. The third-order valence-electron chi connectivity index (χ3n) is 3.80. The van der Waals surface area contributed by atoms with E-state index in [1.165, 1.54) is 0 Å². The minimum Gasteiger partial charge on any atom is -0.497 e. The highest BCUT2D eigenvalue weighted by Gasteiger charge is 2.30. The van der Waals surface area contributed by atoms with Crippen LogP contribution in [0, 0.1) is 5.92 Å². The fraction of sp³-hybridized carbons (Fsp3) is 0.500. The maximum atomic E-state index is 11.9. The van der Waals surface area contributed by atoms with E-state index in [9.17, 15) is 9.59 Å². The van der Waals surface area contributed by atoms with Gasteiger partial charge in [-0.25, -0.2) is 0 Å². The predicted octanol–water partition coefficient (Wildman–Crippen LogP) is 2.55. The molecule has 0 aromatic heterocycles. The molecular weight excluding hydrogens is 302 g/mol. The van der Waals surface area contributed by atoms with Crippen LogP contribution in [0.3, 0.4) is 0 Å². The number of benzene rings is 1. The molecule has 2 N–H and O–H groups in total. The number of carboxylic acids is 1. The van der Waals surface area contributed by atoms with Crippen molar-refractivity contribution in [1.29, 1.82) is 0 Å². The van der Waals surface area contributed by atoms with E-state index < -0.39 is 5.97 Å². The van der Waals surface area contributed by atoms with Crippen molar-refractivity contribution < 1.29 is 19.4 Å². The first-order valence-corrected chi connectivity index (χ1v) is 8.36. The summed E-state index contributed by atoms with van der Waals surface area (Å²) in [5.74, 6) is 0.451. The molecular formula is C16H21NO4S. The SMILES string of the molecule is COc1ccc(SCCC(=O)N[C@H]2CC[C@@H](C(=O)O)C2)cc1. The van der Waals surface area contributed by atoms with E-state index in [1.54, 1.807) is 18.9 Å². The highest BCUT2D eigenvalue weighted by Crippen LogP contribution is 2.26. The Labute approximate surface area is 134 Å². The summed E-state index contributed by atoms with van der Waals surface area (Å²) < 4.78 is 5.10. The fourth-order valence-electron chi connectivity index (χ4n) is 2.57. The van der Waals surface area contributed by atoms with Crippen LogP contribution >= 0.6 is 11.8 Å². The molecule has 0 unspecified atom stereocenters. The number of hydrogen-bond donors (Lipinski definition) is 2. The van der Waals surface area contributed by atoms with Gasteiger partial charge < -0.3 is 15.2 Å². The lowest BCUT2D eigenvalue weighted by Crippen LogP contribution is -2.33. The molecule has 0 bridgehead atoms. The topological polar surface area (TPSA) is 75.6 Å². The minimum atomic E-state index is -0.758. The Morgan fingerprint density at radius 1 is 1.32 bits per heavy atom. The van der Waals surface area contributed by atoms with Crippen LogP contribution in [0.15, 0.2) is 29.2 Å². The Morgan fingerprint density at radius 3 is 2.64 bits per heavy atom. The molecule has 1 aromatic rings. The Kier molecular flexibility index (Phi) is 6.12. The van der Waals surface area contributed by atoms with Crippen molar-refractivity contribution in [2.75, 3.05) is 12.9 Å². The quantitative estimate of drug-likeness (QED) is 0.754. The molecule has 6 heteroatoms. The van der Waals surface area contributed by atoms with Gasteiger partial charge in [0.25, 0.3) is 0 Å². The van der Waals surface area contributed by atoms with Crippen molar-refractivity contribution in [1.82, 2.24) is 5.32 Å². The second-order valence-electron chi connectivity index (χ2n) is 5.39. The normalized spacial score (nSPS) is 20.6. The van der Waals surface area contributed by atoms with Crippen molar-refractivity contribution in [2.24, 2.45) is 5.92 Å². The van der Waals surface area contributed by atoms with Gasteiger partial charge in [0.1, 0.15) is 5.75 Å². The lowest BCUT2D eigenvalue weighted by Gasteiger charge is -2.12. The molecule has 1 amide bonds. The molecule has 1 saturated carbocycles. The van der Waals surface area contributed by atoms with Gasteiger partial charge in [0.05, 0.1) is 13.0 Å². The summed E-state index contributed by atoms with van der Waals surface area (Å²) in [4.78, 5) is 23.9. The molecule has 0 saturated heterocycles. The molecule has 1 fully saturated rings. The smallest absolute Gasteiger partial charge is 0.306 e. The van der Waals surface area contributed by atoms with Gasteiger partial charge in [-0.3, -0.25) is 9.59 Å². The molecule has 2 atom stereocenters. The maximum absolute atomic E-state index is 11.9. The summed E-state index contributed by atoms with van der Waals surface area (Å²) in [6.07, 6.45) is 2.40. The third kappa shape index (κ3) is 4.94. The van der Waals surface area contributed by atoms with Gasteiger partial charge in [-0.1, -0.05) is 0 Å². The van der Waals surface area contributed by atoms with E-state index >= 15 is 0 Å². The van der Waals surface area contributed by atoms with Crippen LogP contribution in [-0.2, 0) is 9.59 Å². The van der Waals surface area contributed by atoms with E-state index in [0.717, 1.165) is 17.1 Å². The lowest BCUT2D eigenvalue weighted by atomic mass is 10.1. The summed E-state index contributed by atoms with van der Waals surface area (Å²) in [6, 6.07) is 7.74. The molecule has 0 heterocycles. The van der Waals surface area contributed by atoms with Gasteiger partial charge in [0.15, 0.2) is 0 Å². The fourth-order valence-corrected chi connectivity index (χ4v) is 3.42. The monoisotopic (exact) mass is 323 g/mol. The van der Waals surface area contributed by atoms with Gasteiger partial charge in [0.2, 0.25) is 5.91 Å². The maximum Gasteiger partial charge on any atom is 0.306 e. The number of ether oxygens (including phenoxy) is 1. The zero-order valence-corrected chi connectivity index (χ0v) is 13.4. The summed E-state index contributed by atoms with van der Waals surface area (Å²) in [5, 5.41) is 11.9. The number of aliphatic carboxylic acids is 1. The lowest BCUT2D eigenvalue weighted by molar-refractivity contribution is -0.141. The van der Waals surface area contributed by atoms with Crippen molar-refractivity contribution in [3.8, 4) is 5.75 Å². The number of rotatable bonds is 7. The molecule has 2 rings (SSSR count). The molecule has 0 spiro atoms. The summed E-state index contributed by atoms with van der Waals surface area (Å²) in [6.45, 7) is 0. The van der Waals surface area contributed by atoms with Crippen molar-refractivity contribution in [3.05, 3.63) is 24.3 Å². The van der Waals surface area contributed by atoms with Gasteiger partial charge in [-0.05, 0) is 43.5 Å². The van der Waals surface area contributed by atoms with E-state index in [-0.39, 0.29) is 17.9 Å². The van der Waals surface area contributed by atoms with Crippen LogP contribution in [0.1, 0.15) is 25.7 Å². The van der Waals surface area contributed by atoms with Crippen LogP contribution < -0.4 is 10.1 Å². The molecule has 1 aromatic carbocycles. The Balaban J connectivity index is 1.66. The number of methoxy groups -OCH3 is 1. The number of thioether (sulfide) groups is 1. The van der Waals surface area contributed by atoms with Crippen LogP contribution in [0.4, 0.5) is 0 Å². The number of amides is 1. The van der Waals surface area contributed by atoms with E-state index in [0.29, 0.717) is 25.0 Å². The molecule has 22 heavy (non-hydrogen) atoms. The summed E-state index contributed by atoms with van der Waals surface area (Å²) >= 11 is 1.62. The minimum absolute atomic E-state index is 0.00273. The summed E-state index contributed by atoms with van der Waals surface area (Å²) in [7, 11) is 1.63. The van der Waals surface area contributed by atoms with Crippen LogP contribution in [-0.4, -0.2) is 35.9 Å². The number of hydrogen-bond acceptors (Lipinski definition) is 4. The number of nitrogens with one attached hydrogen (secondary N) is 1. The van der Waals surface area contributed by atoms with Crippen molar-refractivity contribution >= 4 is 23.6 Å². The number of carbonyl (C=O) groups excluding carboxylic acids is 1. The van der Waals surface area contributed by atoms with Crippen molar-refractivity contribution in [2.45, 2.75) is 36.6 Å². The standard InChI is InChI=1S/C16H21NO4S/c1-21-13-4-6-14(7-5-13)22-9-8-15(18)17-12-3-2-11(10-12)16(19)20/h4-7,11-12H,2-3,8-10H2,1H3,(H,17,18)(H,19,20)/t11-,12+/m1/s1. The zero-order chi connectivity index (χ0) is 15.9. The second kappa shape index (κ2) is 8.08. The number of carbonyl (C=O) groups is 2. The average molecular weight is 323 g/mol. The highest BCUT2D eigenvalue weighted by atomic mass is 32.2. The second-order valence-corrected chi connectivity index (χ2v) is 6.55. The highest BCUT2D eigenvalue weighted by molar-refractivity contribution is 7.99. The van der Waals surface area contributed by atoms with E-state index in [1.807, 2.05) is 24.3 Å².